The van der Waals surface area contributed by atoms with E-state index < -0.39 is 0 Å². The molecular weight excluding hydrogens is 308 g/mol. The van der Waals surface area contributed by atoms with E-state index in [2.05, 4.69) is 10.3 Å². The van der Waals surface area contributed by atoms with Gasteiger partial charge >= 0.3 is 0 Å². The maximum absolute atomic E-state index is 12.2. The molecule has 0 saturated heterocycles. The van der Waals surface area contributed by atoms with Gasteiger partial charge in [-0.05, 0) is 19.1 Å². The summed E-state index contributed by atoms with van der Waals surface area (Å²) in [7, 11) is 0. The molecule has 3 rings (SSSR count). The Hall–Kier alpha value is -1.34. The third-order valence-corrected chi connectivity index (χ3v) is 5.32. The Morgan fingerprint density at radius 3 is 2.95 bits per heavy atom. The number of nitrogens with zero attached hydrogens (tertiary/aromatic N) is 1. The van der Waals surface area contributed by atoms with Gasteiger partial charge in [-0.15, -0.1) is 0 Å². The van der Waals surface area contributed by atoms with Gasteiger partial charge in [0.1, 0.15) is 17.6 Å². The lowest BCUT2D eigenvalue weighted by Crippen LogP contribution is -2.23. The number of ether oxygens (including phenoxy) is 2. The fourth-order valence-electron chi connectivity index (χ4n) is 1.96. The van der Waals surface area contributed by atoms with Crippen LogP contribution in [0, 0.1) is 0 Å². The fraction of sp³-hybridized carbons (Fsp3) is 0.429. The number of anilines is 1. The van der Waals surface area contributed by atoms with Crippen molar-refractivity contribution < 1.29 is 14.3 Å². The number of benzene rings is 1. The lowest BCUT2D eigenvalue weighted by atomic mass is 10.2. The number of nitrogens with one attached hydrogen (secondary N) is 1. The van der Waals surface area contributed by atoms with Crippen molar-refractivity contribution in [3.8, 4) is 11.5 Å². The number of fused-ring (bicyclic) bond motifs is 1. The van der Waals surface area contributed by atoms with Gasteiger partial charge in [-0.3, -0.25) is 9.79 Å². The first-order valence-electron chi connectivity index (χ1n) is 6.77. The average molecular weight is 324 g/mol. The molecule has 0 saturated carbocycles. The second-order valence-electron chi connectivity index (χ2n) is 4.60. The summed E-state index contributed by atoms with van der Waals surface area (Å²) in [6.45, 7) is 3.84. The predicted molar refractivity (Wildman–Crippen MR) is 87.9 cm³/mol. The highest BCUT2D eigenvalue weighted by Crippen LogP contribution is 2.33. The van der Waals surface area contributed by atoms with Crippen molar-refractivity contribution in [1.82, 2.24) is 0 Å². The Balaban J connectivity index is 1.61. The van der Waals surface area contributed by atoms with Crippen LogP contribution in [0.25, 0.3) is 0 Å². The number of rotatable bonds is 3. The Kier molecular flexibility index (Phi) is 4.60. The Labute approximate surface area is 131 Å². The standard InChI is InChI=1S/C14H16N2O3S2/c1-9(21-14-15-4-7-20-14)13(17)16-10-2-3-11-12(8-10)19-6-5-18-11/h2-3,8-9H,4-7H2,1H3,(H,16,17). The molecule has 1 atom stereocenters. The Morgan fingerprint density at radius 1 is 1.38 bits per heavy atom. The van der Waals surface area contributed by atoms with Gasteiger partial charge in [-0.2, -0.15) is 0 Å². The Morgan fingerprint density at radius 2 is 2.19 bits per heavy atom. The predicted octanol–water partition coefficient (Wildman–Crippen LogP) is 2.62. The van der Waals surface area contributed by atoms with E-state index in [4.69, 9.17) is 9.47 Å². The molecular formula is C14H16N2O3S2. The van der Waals surface area contributed by atoms with Crippen LogP contribution in [0.1, 0.15) is 6.92 Å². The first-order valence-corrected chi connectivity index (χ1v) is 8.63. The van der Waals surface area contributed by atoms with E-state index in [0.29, 0.717) is 19.0 Å². The van der Waals surface area contributed by atoms with E-state index >= 15 is 0 Å². The van der Waals surface area contributed by atoms with Crippen LogP contribution in [0.5, 0.6) is 11.5 Å². The summed E-state index contributed by atoms with van der Waals surface area (Å²) in [6, 6.07) is 5.44. The monoisotopic (exact) mass is 324 g/mol. The third kappa shape index (κ3) is 3.65. The molecule has 0 radical (unpaired) electrons. The lowest BCUT2D eigenvalue weighted by Gasteiger charge is -2.19. The minimum atomic E-state index is -0.178. The highest BCUT2D eigenvalue weighted by molar-refractivity contribution is 8.39. The summed E-state index contributed by atoms with van der Waals surface area (Å²) in [4.78, 5) is 16.5. The smallest absolute Gasteiger partial charge is 0.237 e. The van der Waals surface area contributed by atoms with Gasteiger partial charge in [-0.1, -0.05) is 23.5 Å². The summed E-state index contributed by atoms with van der Waals surface area (Å²) >= 11 is 3.22. The quantitative estimate of drug-likeness (QED) is 0.926. The molecule has 1 N–H and O–H groups in total. The van der Waals surface area contributed by atoms with Crippen molar-refractivity contribution >= 4 is 39.5 Å². The molecule has 0 spiro atoms. The zero-order valence-corrected chi connectivity index (χ0v) is 13.3. The number of carbonyl (C=O) groups excluding carboxylic acids is 1. The van der Waals surface area contributed by atoms with Crippen LogP contribution in [0.2, 0.25) is 0 Å². The largest absolute Gasteiger partial charge is 0.486 e. The molecule has 0 bridgehead atoms. The molecule has 112 valence electrons. The van der Waals surface area contributed by atoms with Gasteiger partial charge in [0.2, 0.25) is 5.91 Å². The van der Waals surface area contributed by atoms with Crippen molar-refractivity contribution in [3.63, 3.8) is 0 Å². The summed E-state index contributed by atoms with van der Waals surface area (Å²) in [6.07, 6.45) is 0. The first-order chi connectivity index (χ1) is 10.2. The minimum Gasteiger partial charge on any atom is -0.486 e. The fourth-order valence-corrected chi connectivity index (χ4v) is 4.09. The molecule has 5 nitrogen and oxygen atoms in total. The highest BCUT2D eigenvalue weighted by Gasteiger charge is 2.20. The number of amides is 1. The van der Waals surface area contributed by atoms with Crippen LogP contribution in [-0.4, -0.2) is 41.0 Å². The maximum atomic E-state index is 12.2. The highest BCUT2D eigenvalue weighted by atomic mass is 32.2. The molecule has 7 heteroatoms. The first kappa shape index (κ1) is 14.6. The third-order valence-electron chi connectivity index (χ3n) is 3.01. The van der Waals surface area contributed by atoms with Crippen LogP contribution in [0.15, 0.2) is 23.2 Å². The average Bonchev–Trinajstić information content (AvgIpc) is 3.00. The van der Waals surface area contributed by atoms with Crippen LogP contribution < -0.4 is 14.8 Å². The zero-order valence-electron chi connectivity index (χ0n) is 11.6. The van der Waals surface area contributed by atoms with Crippen LogP contribution in [0.4, 0.5) is 5.69 Å². The minimum absolute atomic E-state index is 0.0353. The van der Waals surface area contributed by atoms with Crippen molar-refractivity contribution in [1.29, 1.82) is 0 Å². The van der Waals surface area contributed by atoms with Crippen molar-refractivity contribution in [2.45, 2.75) is 12.2 Å². The molecule has 1 aromatic carbocycles. The van der Waals surface area contributed by atoms with Gasteiger partial charge in [0, 0.05) is 17.5 Å². The van der Waals surface area contributed by atoms with Crippen LogP contribution in [0.3, 0.4) is 0 Å². The zero-order chi connectivity index (χ0) is 14.7. The van der Waals surface area contributed by atoms with E-state index in [-0.39, 0.29) is 11.2 Å². The van der Waals surface area contributed by atoms with Crippen LogP contribution in [-0.2, 0) is 4.79 Å². The molecule has 1 unspecified atom stereocenters. The number of thioether (sulfide) groups is 2. The summed E-state index contributed by atoms with van der Waals surface area (Å²) in [5.41, 5.74) is 0.720. The normalized spacial score (nSPS) is 18.0. The lowest BCUT2D eigenvalue weighted by molar-refractivity contribution is -0.115. The Bertz CT molecular complexity index is 577. The molecule has 2 aliphatic rings. The summed E-state index contributed by atoms with van der Waals surface area (Å²) < 4.78 is 12.0. The molecule has 2 aliphatic heterocycles. The van der Waals surface area contributed by atoms with E-state index in [9.17, 15) is 4.79 Å². The molecule has 0 aromatic heterocycles. The van der Waals surface area contributed by atoms with Gasteiger partial charge in [0.15, 0.2) is 11.5 Å². The van der Waals surface area contributed by atoms with Gasteiger partial charge in [0.05, 0.1) is 11.8 Å². The molecule has 0 fully saturated rings. The number of carbonyl (C=O) groups is 1. The van der Waals surface area contributed by atoms with Crippen molar-refractivity contribution in [2.75, 3.05) is 30.8 Å². The molecule has 1 aromatic rings. The van der Waals surface area contributed by atoms with Crippen molar-refractivity contribution in [3.05, 3.63) is 18.2 Å². The number of hydrogen-bond acceptors (Lipinski definition) is 6. The van der Waals surface area contributed by atoms with Gasteiger partial charge in [-0.25, -0.2) is 0 Å². The summed E-state index contributed by atoms with van der Waals surface area (Å²) in [5, 5.41) is 2.73. The van der Waals surface area contributed by atoms with E-state index in [1.807, 2.05) is 19.1 Å². The maximum Gasteiger partial charge on any atom is 0.237 e. The van der Waals surface area contributed by atoms with E-state index in [0.717, 1.165) is 28.1 Å². The van der Waals surface area contributed by atoms with E-state index in [1.54, 1.807) is 17.8 Å². The summed E-state index contributed by atoms with van der Waals surface area (Å²) in [5.74, 6) is 2.37. The van der Waals surface area contributed by atoms with Crippen molar-refractivity contribution in [2.24, 2.45) is 4.99 Å². The molecule has 21 heavy (non-hydrogen) atoms. The molecule has 2 heterocycles. The molecule has 1 amide bonds. The SMILES string of the molecule is CC(SC1=NCCS1)C(=O)Nc1ccc2c(c1)OCCO2. The second kappa shape index (κ2) is 6.62. The number of hydrogen-bond donors (Lipinski definition) is 1. The number of aliphatic imine (C=N–C) groups is 1. The van der Waals surface area contributed by atoms with Gasteiger partial charge in [0.25, 0.3) is 0 Å². The van der Waals surface area contributed by atoms with E-state index in [1.165, 1.54) is 11.8 Å². The second-order valence-corrected chi connectivity index (χ2v) is 7.28. The molecule has 0 aliphatic carbocycles. The topological polar surface area (TPSA) is 59.9 Å². The van der Waals surface area contributed by atoms with Gasteiger partial charge < -0.3 is 14.8 Å². The van der Waals surface area contributed by atoms with Crippen LogP contribution >= 0.6 is 23.5 Å².